The summed E-state index contributed by atoms with van der Waals surface area (Å²) in [5.41, 5.74) is 2.75. The molecule has 2 aromatic carbocycles. The van der Waals surface area contributed by atoms with Crippen molar-refractivity contribution < 1.29 is 13.2 Å². The third-order valence-corrected chi connectivity index (χ3v) is 5.43. The number of aromatic nitrogens is 1. The number of aryl methyl sites for hydroxylation is 2. The maximum absolute atomic E-state index is 12.5. The van der Waals surface area contributed by atoms with E-state index in [0.717, 1.165) is 27.8 Å². The number of fused-ring (bicyclic) bond motifs is 1. The molecule has 136 valence electrons. The first kappa shape index (κ1) is 18.2. The molecule has 1 amide bonds. The Bertz CT molecular complexity index is 1180. The van der Waals surface area contributed by atoms with E-state index in [4.69, 9.17) is 0 Å². The minimum atomic E-state index is -3.44. The summed E-state index contributed by atoms with van der Waals surface area (Å²) >= 11 is 1.11. The third-order valence-electron chi connectivity index (χ3n) is 3.85. The Hall–Kier alpha value is -2.65. The summed E-state index contributed by atoms with van der Waals surface area (Å²) in [7, 11) is -1.74. The van der Waals surface area contributed by atoms with Gasteiger partial charge < -0.3 is 9.88 Å². The van der Waals surface area contributed by atoms with Crippen molar-refractivity contribution in [2.75, 3.05) is 16.3 Å². The van der Waals surface area contributed by atoms with Crippen molar-refractivity contribution in [2.24, 2.45) is 7.05 Å². The summed E-state index contributed by atoms with van der Waals surface area (Å²) in [6.45, 7) is 1.75. The van der Waals surface area contributed by atoms with Gasteiger partial charge in [-0.05, 0) is 42.8 Å². The fourth-order valence-corrected chi connectivity index (χ4v) is 4.03. The molecule has 3 aromatic rings. The van der Waals surface area contributed by atoms with E-state index in [9.17, 15) is 18.0 Å². The summed E-state index contributed by atoms with van der Waals surface area (Å²) in [5.74, 6) is -0.371. The molecule has 0 saturated heterocycles. The van der Waals surface area contributed by atoms with Crippen molar-refractivity contribution in [3.8, 4) is 0 Å². The van der Waals surface area contributed by atoms with Gasteiger partial charge in [0.2, 0.25) is 10.0 Å². The Morgan fingerprint density at radius 3 is 2.58 bits per heavy atom. The molecule has 7 nitrogen and oxygen atoms in total. The molecule has 0 bridgehead atoms. The van der Waals surface area contributed by atoms with Gasteiger partial charge in [-0.2, -0.15) is 0 Å². The van der Waals surface area contributed by atoms with Crippen LogP contribution in [0.3, 0.4) is 0 Å². The number of benzene rings is 2. The number of amides is 1. The number of hydrogen-bond donors (Lipinski definition) is 2. The Morgan fingerprint density at radius 2 is 1.88 bits per heavy atom. The number of carbonyl (C=O) groups is 1. The average molecular weight is 391 g/mol. The summed E-state index contributed by atoms with van der Waals surface area (Å²) in [6.07, 6.45) is 1.06. The summed E-state index contributed by atoms with van der Waals surface area (Å²) in [6, 6.07) is 10.0. The van der Waals surface area contributed by atoms with Gasteiger partial charge in [-0.1, -0.05) is 17.4 Å². The van der Waals surface area contributed by atoms with Crippen molar-refractivity contribution in [1.29, 1.82) is 0 Å². The second-order valence-electron chi connectivity index (χ2n) is 5.97. The van der Waals surface area contributed by atoms with Crippen LogP contribution < -0.4 is 14.9 Å². The van der Waals surface area contributed by atoms with Crippen molar-refractivity contribution in [3.05, 3.63) is 57.2 Å². The van der Waals surface area contributed by atoms with Crippen LogP contribution in [0.1, 0.15) is 15.9 Å². The lowest BCUT2D eigenvalue weighted by atomic mass is 10.1. The van der Waals surface area contributed by atoms with Gasteiger partial charge in [0.25, 0.3) is 5.91 Å². The fourth-order valence-electron chi connectivity index (χ4n) is 2.49. The van der Waals surface area contributed by atoms with Crippen LogP contribution in [0, 0.1) is 6.92 Å². The lowest BCUT2D eigenvalue weighted by molar-refractivity contribution is 0.102. The minimum Gasteiger partial charge on any atom is -0.322 e. The van der Waals surface area contributed by atoms with Gasteiger partial charge in [0.15, 0.2) is 0 Å². The molecule has 1 aromatic heterocycles. The second-order valence-corrected chi connectivity index (χ2v) is 8.71. The molecule has 0 unspecified atom stereocenters. The molecule has 0 aliphatic heterocycles. The smallest absolute Gasteiger partial charge is 0.307 e. The number of nitrogens with zero attached hydrogens (tertiary/aromatic N) is 1. The topological polar surface area (TPSA) is 97.3 Å². The molecule has 0 radical (unpaired) electrons. The molecule has 0 fully saturated rings. The molecule has 1 heterocycles. The van der Waals surface area contributed by atoms with Crippen LogP contribution in [0.25, 0.3) is 10.2 Å². The van der Waals surface area contributed by atoms with Crippen molar-refractivity contribution in [1.82, 2.24) is 4.57 Å². The van der Waals surface area contributed by atoms with Gasteiger partial charge in [0.1, 0.15) is 0 Å². The molecular formula is C17H17N3O4S2. The van der Waals surface area contributed by atoms with E-state index in [0.29, 0.717) is 22.5 Å². The van der Waals surface area contributed by atoms with Crippen LogP contribution in [-0.2, 0) is 17.1 Å². The predicted octanol–water partition coefficient (Wildman–Crippen LogP) is 2.53. The Balaban J connectivity index is 1.88. The van der Waals surface area contributed by atoms with Gasteiger partial charge in [0, 0.05) is 18.3 Å². The number of carbonyl (C=O) groups excluding carboxylic acids is 1. The van der Waals surface area contributed by atoms with Crippen molar-refractivity contribution in [3.63, 3.8) is 0 Å². The fraction of sp³-hybridized carbons (Fsp3) is 0.176. The van der Waals surface area contributed by atoms with Gasteiger partial charge in [-0.3, -0.25) is 14.3 Å². The lowest BCUT2D eigenvalue weighted by Gasteiger charge is -2.11. The summed E-state index contributed by atoms with van der Waals surface area (Å²) in [4.78, 5) is 24.1. The predicted molar refractivity (Wildman–Crippen MR) is 105 cm³/mol. The van der Waals surface area contributed by atoms with Gasteiger partial charge >= 0.3 is 4.87 Å². The quantitative estimate of drug-likeness (QED) is 0.714. The summed E-state index contributed by atoms with van der Waals surface area (Å²) < 4.78 is 27.6. The Labute approximate surface area is 154 Å². The Kier molecular flexibility index (Phi) is 4.59. The van der Waals surface area contributed by atoms with E-state index in [1.54, 1.807) is 48.9 Å². The number of rotatable bonds is 4. The van der Waals surface area contributed by atoms with E-state index >= 15 is 0 Å². The summed E-state index contributed by atoms with van der Waals surface area (Å²) in [5, 5.41) is 2.77. The van der Waals surface area contributed by atoms with E-state index in [1.807, 2.05) is 0 Å². The van der Waals surface area contributed by atoms with E-state index in [2.05, 4.69) is 10.0 Å². The van der Waals surface area contributed by atoms with Crippen LogP contribution in [-0.4, -0.2) is 25.1 Å². The van der Waals surface area contributed by atoms with Gasteiger partial charge in [-0.25, -0.2) is 8.42 Å². The van der Waals surface area contributed by atoms with E-state index in [-0.39, 0.29) is 10.8 Å². The van der Waals surface area contributed by atoms with Crippen molar-refractivity contribution in [2.45, 2.75) is 6.92 Å². The number of hydrogen-bond acceptors (Lipinski definition) is 5. The standard InChI is InChI=1S/C17H17N3O4S2/c1-10-4-5-11(8-13(10)19-26(3,23)24)16(21)18-12-6-7-14-15(9-12)25-17(22)20(14)2/h4-9,19H,1-3H3,(H,18,21). The van der Waals surface area contributed by atoms with Crippen LogP contribution in [0.5, 0.6) is 0 Å². The number of nitrogens with one attached hydrogen (secondary N) is 2. The zero-order valence-corrected chi connectivity index (χ0v) is 16.0. The monoisotopic (exact) mass is 391 g/mol. The maximum Gasteiger partial charge on any atom is 0.307 e. The van der Waals surface area contributed by atoms with E-state index < -0.39 is 10.0 Å². The minimum absolute atomic E-state index is 0.0708. The van der Waals surface area contributed by atoms with Gasteiger partial charge in [-0.15, -0.1) is 0 Å². The molecule has 26 heavy (non-hydrogen) atoms. The van der Waals surface area contributed by atoms with Crippen LogP contribution in [0.4, 0.5) is 11.4 Å². The first-order chi connectivity index (χ1) is 12.1. The normalized spacial score (nSPS) is 11.5. The highest BCUT2D eigenvalue weighted by atomic mass is 32.2. The van der Waals surface area contributed by atoms with Crippen LogP contribution in [0.15, 0.2) is 41.2 Å². The molecule has 2 N–H and O–H groups in total. The molecule has 9 heteroatoms. The number of anilines is 2. The van der Waals surface area contributed by atoms with Crippen LogP contribution in [0.2, 0.25) is 0 Å². The highest BCUT2D eigenvalue weighted by molar-refractivity contribution is 7.92. The zero-order valence-electron chi connectivity index (χ0n) is 14.4. The molecule has 0 aliphatic carbocycles. The number of thiazole rings is 1. The highest BCUT2D eigenvalue weighted by Crippen LogP contribution is 2.23. The first-order valence-corrected chi connectivity index (χ1v) is 10.3. The second kappa shape index (κ2) is 6.58. The van der Waals surface area contributed by atoms with Crippen molar-refractivity contribution >= 4 is 48.9 Å². The lowest BCUT2D eigenvalue weighted by Crippen LogP contribution is -2.14. The SMILES string of the molecule is Cc1ccc(C(=O)Nc2ccc3c(c2)sc(=O)n3C)cc1NS(C)(=O)=O. The maximum atomic E-state index is 12.5. The third kappa shape index (κ3) is 3.78. The molecule has 0 aliphatic rings. The molecule has 3 rings (SSSR count). The molecule has 0 atom stereocenters. The average Bonchev–Trinajstić information content (AvgIpc) is 2.82. The largest absolute Gasteiger partial charge is 0.322 e. The highest BCUT2D eigenvalue weighted by Gasteiger charge is 2.12. The first-order valence-electron chi connectivity index (χ1n) is 7.63. The molecular weight excluding hydrogens is 374 g/mol. The van der Waals surface area contributed by atoms with E-state index in [1.165, 1.54) is 6.07 Å². The Morgan fingerprint density at radius 1 is 1.15 bits per heavy atom. The molecule has 0 saturated carbocycles. The van der Waals surface area contributed by atoms with Crippen LogP contribution >= 0.6 is 11.3 Å². The number of sulfonamides is 1. The van der Waals surface area contributed by atoms with Gasteiger partial charge in [0.05, 0.1) is 22.2 Å². The molecule has 0 spiro atoms. The zero-order chi connectivity index (χ0) is 19.1.